The van der Waals surface area contributed by atoms with Gasteiger partial charge in [-0.2, -0.15) is 0 Å². The summed E-state index contributed by atoms with van der Waals surface area (Å²) in [6, 6.07) is 14.1. The van der Waals surface area contributed by atoms with Crippen molar-refractivity contribution in [2.75, 3.05) is 11.9 Å². The highest BCUT2D eigenvalue weighted by atomic mass is 16.5. The molecule has 6 nitrogen and oxygen atoms in total. The predicted octanol–water partition coefficient (Wildman–Crippen LogP) is 3.95. The molecule has 2 rings (SSSR count). The standard InChI is InChI=1S/C22H25NO5/c1-15(22(26)27)13-17-8-10-19(11-9-17)23-21(25)7-4-12-28-20-6-3-5-18(14-20)16(2)24/h3,5-6,8-11,14-15H,4,7,12-13H2,1-2H3,(H,23,25)(H,26,27). The molecule has 0 aliphatic rings. The Morgan fingerprint density at radius 1 is 1.11 bits per heavy atom. The van der Waals surface area contributed by atoms with Gasteiger partial charge in [-0.25, -0.2) is 0 Å². The first-order chi connectivity index (χ1) is 13.3. The van der Waals surface area contributed by atoms with Gasteiger partial charge in [-0.15, -0.1) is 0 Å². The van der Waals surface area contributed by atoms with E-state index in [9.17, 15) is 14.4 Å². The fraction of sp³-hybridized carbons (Fsp3) is 0.318. The van der Waals surface area contributed by atoms with Gasteiger partial charge in [0.05, 0.1) is 12.5 Å². The van der Waals surface area contributed by atoms with E-state index in [4.69, 9.17) is 9.84 Å². The van der Waals surface area contributed by atoms with E-state index in [0.29, 0.717) is 42.9 Å². The van der Waals surface area contributed by atoms with Crippen LogP contribution in [0.25, 0.3) is 0 Å². The highest BCUT2D eigenvalue weighted by molar-refractivity contribution is 5.94. The van der Waals surface area contributed by atoms with Gasteiger partial charge in [0.15, 0.2) is 5.78 Å². The van der Waals surface area contributed by atoms with Crippen molar-refractivity contribution in [2.45, 2.75) is 33.1 Å². The van der Waals surface area contributed by atoms with Crippen LogP contribution >= 0.6 is 0 Å². The van der Waals surface area contributed by atoms with Crippen molar-refractivity contribution >= 4 is 23.3 Å². The second kappa shape index (κ2) is 10.3. The lowest BCUT2D eigenvalue weighted by atomic mass is 10.0. The first-order valence-electron chi connectivity index (χ1n) is 9.20. The molecule has 0 aromatic heterocycles. The molecule has 0 bridgehead atoms. The molecule has 6 heteroatoms. The third-order valence-corrected chi connectivity index (χ3v) is 4.26. The predicted molar refractivity (Wildman–Crippen MR) is 107 cm³/mol. The van der Waals surface area contributed by atoms with Crippen LogP contribution in [0, 0.1) is 5.92 Å². The van der Waals surface area contributed by atoms with Gasteiger partial charge in [-0.3, -0.25) is 14.4 Å². The average molecular weight is 383 g/mol. The minimum atomic E-state index is -0.826. The molecule has 0 fully saturated rings. The number of ketones is 1. The summed E-state index contributed by atoms with van der Waals surface area (Å²) in [5.74, 6) is -0.801. The summed E-state index contributed by atoms with van der Waals surface area (Å²) in [6.45, 7) is 3.54. The second-order valence-corrected chi connectivity index (χ2v) is 6.72. The zero-order chi connectivity index (χ0) is 20.5. The molecule has 2 aromatic rings. The summed E-state index contributed by atoms with van der Waals surface area (Å²) in [7, 11) is 0. The zero-order valence-electron chi connectivity index (χ0n) is 16.1. The fourth-order valence-electron chi connectivity index (χ4n) is 2.62. The molecule has 0 radical (unpaired) electrons. The molecular formula is C22H25NO5. The molecule has 0 saturated carbocycles. The lowest BCUT2D eigenvalue weighted by molar-refractivity contribution is -0.141. The van der Waals surface area contributed by atoms with Gasteiger partial charge in [0.1, 0.15) is 5.75 Å². The Morgan fingerprint density at radius 3 is 2.46 bits per heavy atom. The normalized spacial score (nSPS) is 11.5. The van der Waals surface area contributed by atoms with Crippen LogP contribution < -0.4 is 10.1 Å². The fourth-order valence-corrected chi connectivity index (χ4v) is 2.62. The van der Waals surface area contributed by atoms with Crippen molar-refractivity contribution in [1.29, 1.82) is 0 Å². The number of anilines is 1. The van der Waals surface area contributed by atoms with Crippen molar-refractivity contribution in [3.05, 3.63) is 59.7 Å². The van der Waals surface area contributed by atoms with Gasteiger partial charge in [0, 0.05) is 17.7 Å². The molecule has 2 aromatic carbocycles. The van der Waals surface area contributed by atoms with Gasteiger partial charge < -0.3 is 15.2 Å². The van der Waals surface area contributed by atoms with Crippen LogP contribution in [-0.4, -0.2) is 29.4 Å². The number of rotatable bonds is 10. The topological polar surface area (TPSA) is 92.7 Å². The van der Waals surface area contributed by atoms with E-state index in [1.54, 1.807) is 43.3 Å². The summed E-state index contributed by atoms with van der Waals surface area (Å²) >= 11 is 0. The third-order valence-electron chi connectivity index (χ3n) is 4.26. The number of aliphatic carboxylic acids is 1. The molecule has 1 atom stereocenters. The Balaban J connectivity index is 1.73. The first kappa shape index (κ1) is 21.2. The van der Waals surface area contributed by atoms with E-state index >= 15 is 0 Å². The minimum Gasteiger partial charge on any atom is -0.494 e. The summed E-state index contributed by atoms with van der Waals surface area (Å²) in [5, 5.41) is 11.8. The van der Waals surface area contributed by atoms with Crippen molar-refractivity contribution in [3.63, 3.8) is 0 Å². The van der Waals surface area contributed by atoms with E-state index in [0.717, 1.165) is 5.56 Å². The molecule has 0 spiro atoms. The van der Waals surface area contributed by atoms with Crippen molar-refractivity contribution in [1.82, 2.24) is 0 Å². The molecule has 28 heavy (non-hydrogen) atoms. The molecular weight excluding hydrogens is 358 g/mol. The average Bonchev–Trinajstić information content (AvgIpc) is 2.67. The Hall–Kier alpha value is -3.15. The lowest BCUT2D eigenvalue weighted by Gasteiger charge is -2.09. The number of hydrogen-bond donors (Lipinski definition) is 2. The van der Waals surface area contributed by atoms with Crippen LogP contribution in [0.15, 0.2) is 48.5 Å². The molecule has 148 valence electrons. The number of amides is 1. The molecule has 1 amide bonds. The Morgan fingerprint density at radius 2 is 1.82 bits per heavy atom. The van der Waals surface area contributed by atoms with Gasteiger partial charge >= 0.3 is 5.97 Å². The van der Waals surface area contributed by atoms with Crippen LogP contribution in [0.5, 0.6) is 5.75 Å². The van der Waals surface area contributed by atoms with Crippen molar-refractivity contribution in [3.8, 4) is 5.75 Å². The summed E-state index contributed by atoms with van der Waals surface area (Å²) in [4.78, 5) is 34.3. The van der Waals surface area contributed by atoms with Gasteiger partial charge in [0.2, 0.25) is 5.91 Å². The third kappa shape index (κ3) is 6.87. The maximum Gasteiger partial charge on any atom is 0.306 e. The number of nitrogens with one attached hydrogen (secondary N) is 1. The van der Waals surface area contributed by atoms with Gasteiger partial charge in [0.25, 0.3) is 0 Å². The Labute approximate surface area is 164 Å². The highest BCUT2D eigenvalue weighted by Crippen LogP contribution is 2.15. The molecule has 0 saturated heterocycles. The number of carbonyl (C=O) groups excluding carboxylic acids is 2. The van der Waals surface area contributed by atoms with Crippen LogP contribution in [0.3, 0.4) is 0 Å². The maximum atomic E-state index is 12.0. The van der Waals surface area contributed by atoms with Crippen LogP contribution in [0.2, 0.25) is 0 Å². The molecule has 0 aliphatic heterocycles. The van der Waals surface area contributed by atoms with Crippen LogP contribution in [-0.2, 0) is 16.0 Å². The number of ether oxygens (including phenoxy) is 1. The SMILES string of the molecule is CC(=O)c1cccc(OCCCC(=O)Nc2ccc(CC(C)C(=O)O)cc2)c1. The molecule has 1 unspecified atom stereocenters. The van der Waals surface area contributed by atoms with E-state index in [1.807, 2.05) is 12.1 Å². The lowest BCUT2D eigenvalue weighted by Crippen LogP contribution is -2.13. The molecule has 0 heterocycles. The summed E-state index contributed by atoms with van der Waals surface area (Å²) in [5.41, 5.74) is 2.18. The largest absolute Gasteiger partial charge is 0.494 e. The van der Waals surface area contributed by atoms with Gasteiger partial charge in [-0.1, -0.05) is 31.2 Å². The quantitative estimate of drug-likeness (QED) is 0.479. The van der Waals surface area contributed by atoms with E-state index < -0.39 is 11.9 Å². The van der Waals surface area contributed by atoms with Crippen LogP contribution in [0.4, 0.5) is 5.69 Å². The Bertz CT molecular complexity index is 829. The number of Topliss-reactive ketones (excluding diaryl/α,β-unsaturated/α-hetero) is 1. The highest BCUT2D eigenvalue weighted by Gasteiger charge is 2.11. The van der Waals surface area contributed by atoms with Crippen LogP contribution in [0.1, 0.15) is 42.6 Å². The molecule has 0 aliphatic carbocycles. The van der Waals surface area contributed by atoms with Crippen molar-refractivity contribution < 1.29 is 24.2 Å². The monoisotopic (exact) mass is 383 g/mol. The smallest absolute Gasteiger partial charge is 0.306 e. The van der Waals surface area contributed by atoms with E-state index in [-0.39, 0.29) is 11.7 Å². The maximum absolute atomic E-state index is 12.0. The number of carbonyl (C=O) groups is 3. The Kier molecular flexibility index (Phi) is 7.75. The van der Waals surface area contributed by atoms with Gasteiger partial charge in [-0.05, 0) is 49.6 Å². The number of carboxylic acids is 1. The van der Waals surface area contributed by atoms with E-state index in [1.165, 1.54) is 6.92 Å². The summed E-state index contributed by atoms with van der Waals surface area (Å²) in [6.07, 6.45) is 1.31. The number of carboxylic acid groups (broad SMARTS) is 1. The zero-order valence-corrected chi connectivity index (χ0v) is 16.1. The van der Waals surface area contributed by atoms with E-state index in [2.05, 4.69) is 5.32 Å². The summed E-state index contributed by atoms with van der Waals surface area (Å²) < 4.78 is 5.59. The minimum absolute atomic E-state index is 0.0201. The number of benzene rings is 2. The number of hydrogen-bond acceptors (Lipinski definition) is 4. The second-order valence-electron chi connectivity index (χ2n) is 6.72. The van der Waals surface area contributed by atoms with Crippen molar-refractivity contribution in [2.24, 2.45) is 5.92 Å². The molecule has 2 N–H and O–H groups in total. The first-order valence-corrected chi connectivity index (χ1v) is 9.20.